The molecule has 1 aliphatic rings. The van der Waals surface area contributed by atoms with Crippen LogP contribution in [0.5, 0.6) is 0 Å². The zero-order valence-electron chi connectivity index (χ0n) is 11.7. The van der Waals surface area contributed by atoms with Gasteiger partial charge in [0.1, 0.15) is 17.5 Å². The van der Waals surface area contributed by atoms with Crippen molar-refractivity contribution in [1.29, 1.82) is 5.26 Å². The number of nitriles is 1. The molecular formula is C14H22N4. The van der Waals surface area contributed by atoms with E-state index in [0.717, 1.165) is 11.5 Å². The highest BCUT2D eigenvalue weighted by molar-refractivity contribution is 5.55. The molecule has 4 nitrogen and oxygen atoms in total. The average Bonchev–Trinajstić information content (AvgIpc) is 2.56. The summed E-state index contributed by atoms with van der Waals surface area (Å²) in [6, 6.07) is 2.68. The summed E-state index contributed by atoms with van der Waals surface area (Å²) in [5.41, 5.74) is 1.76. The Kier molecular flexibility index (Phi) is 3.34. The maximum Gasteiger partial charge on any atom is 0.142 e. The van der Waals surface area contributed by atoms with Crippen molar-refractivity contribution in [3.8, 4) is 6.07 Å². The molecule has 0 aromatic carbocycles. The average molecular weight is 246 g/mol. The van der Waals surface area contributed by atoms with E-state index in [9.17, 15) is 5.26 Å². The third-order valence-electron chi connectivity index (χ3n) is 4.15. The van der Waals surface area contributed by atoms with Gasteiger partial charge in [-0.1, -0.05) is 26.7 Å². The Bertz CT molecular complexity index is 479. The normalized spacial score (nSPS) is 22.5. The van der Waals surface area contributed by atoms with Crippen molar-refractivity contribution < 1.29 is 0 Å². The van der Waals surface area contributed by atoms with E-state index in [4.69, 9.17) is 0 Å². The van der Waals surface area contributed by atoms with E-state index in [-0.39, 0.29) is 5.41 Å². The largest absolute Gasteiger partial charge is 0.366 e. The number of anilines is 1. The van der Waals surface area contributed by atoms with Crippen molar-refractivity contribution in [3.63, 3.8) is 0 Å². The summed E-state index contributed by atoms with van der Waals surface area (Å²) >= 11 is 0. The SMILES string of the molecule is Cc1nn(C)c(NC2CCCCC2(C)C)c1C#N. The number of nitrogens with one attached hydrogen (secondary N) is 1. The fourth-order valence-electron chi connectivity index (χ4n) is 2.88. The molecule has 1 unspecified atom stereocenters. The van der Waals surface area contributed by atoms with Gasteiger partial charge in [-0.15, -0.1) is 0 Å². The van der Waals surface area contributed by atoms with Crippen LogP contribution >= 0.6 is 0 Å². The lowest BCUT2D eigenvalue weighted by Crippen LogP contribution is -2.39. The highest BCUT2D eigenvalue weighted by atomic mass is 15.3. The molecule has 1 saturated carbocycles. The standard InChI is InChI=1S/C14H22N4/c1-10-11(9-15)13(18(4)17-10)16-12-7-5-6-8-14(12,2)3/h12,16H,5-8H2,1-4H3. The van der Waals surface area contributed by atoms with Gasteiger partial charge in [-0.25, -0.2) is 0 Å². The predicted molar refractivity (Wildman–Crippen MR) is 72.3 cm³/mol. The van der Waals surface area contributed by atoms with E-state index in [1.54, 1.807) is 4.68 Å². The third-order valence-corrected chi connectivity index (χ3v) is 4.15. The first-order valence-electron chi connectivity index (χ1n) is 6.66. The number of rotatable bonds is 2. The zero-order valence-corrected chi connectivity index (χ0v) is 11.7. The summed E-state index contributed by atoms with van der Waals surface area (Å²) in [4.78, 5) is 0. The Morgan fingerprint density at radius 1 is 1.44 bits per heavy atom. The summed E-state index contributed by atoms with van der Waals surface area (Å²) in [6.45, 7) is 6.49. The quantitative estimate of drug-likeness (QED) is 0.872. The van der Waals surface area contributed by atoms with Gasteiger partial charge in [0.25, 0.3) is 0 Å². The van der Waals surface area contributed by atoms with Gasteiger partial charge in [0.15, 0.2) is 0 Å². The Balaban J connectivity index is 2.26. The Morgan fingerprint density at radius 3 is 2.78 bits per heavy atom. The summed E-state index contributed by atoms with van der Waals surface area (Å²) in [6.07, 6.45) is 4.98. The van der Waals surface area contributed by atoms with E-state index in [1.807, 2.05) is 14.0 Å². The van der Waals surface area contributed by atoms with E-state index in [1.165, 1.54) is 25.7 Å². The topological polar surface area (TPSA) is 53.6 Å². The van der Waals surface area contributed by atoms with Crippen LogP contribution in [0.1, 0.15) is 50.8 Å². The van der Waals surface area contributed by atoms with E-state index in [2.05, 4.69) is 30.3 Å². The summed E-state index contributed by atoms with van der Waals surface area (Å²) in [7, 11) is 1.89. The Morgan fingerprint density at radius 2 is 2.17 bits per heavy atom. The minimum absolute atomic E-state index is 0.281. The molecule has 1 N–H and O–H groups in total. The van der Waals surface area contributed by atoms with Crippen LogP contribution in [0.25, 0.3) is 0 Å². The summed E-state index contributed by atoms with van der Waals surface area (Å²) < 4.78 is 1.79. The van der Waals surface area contributed by atoms with Crippen molar-refractivity contribution in [2.45, 2.75) is 52.5 Å². The molecule has 1 atom stereocenters. The number of aromatic nitrogens is 2. The van der Waals surface area contributed by atoms with Gasteiger partial charge < -0.3 is 5.32 Å². The lowest BCUT2D eigenvalue weighted by molar-refractivity contribution is 0.216. The van der Waals surface area contributed by atoms with Gasteiger partial charge in [0.05, 0.1) is 5.69 Å². The highest BCUT2D eigenvalue weighted by Crippen LogP contribution is 2.37. The maximum atomic E-state index is 9.23. The molecule has 0 radical (unpaired) electrons. The summed E-state index contributed by atoms with van der Waals surface area (Å²) in [5.74, 6) is 0.870. The first kappa shape index (κ1) is 12.9. The molecule has 1 aromatic heterocycles. The van der Waals surface area contributed by atoms with Crippen LogP contribution in [-0.4, -0.2) is 15.8 Å². The van der Waals surface area contributed by atoms with Gasteiger partial charge in [0.2, 0.25) is 0 Å². The van der Waals surface area contributed by atoms with Crippen LogP contribution < -0.4 is 5.32 Å². The van der Waals surface area contributed by atoms with Crippen LogP contribution in [0.15, 0.2) is 0 Å². The minimum Gasteiger partial charge on any atom is -0.366 e. The number of hydrogen-bond donors (Lipinski definition) is 1. The van der Waals surface area contributed by atoms with Gasteiger partial charge in [-0.05, 0) is 25.2 Å². The number of hydrogen-bond acceptors (Lipinski definition) is 3. The molecular weight excluding hydrogens is 224 g/mol. The minimum atomic E-state index is 0.281. The molecule has 4 heteroatoms. The second-order valence-corrected chi connectivity index (χ2v) is 5.98. The molecule has 0 aliphatic heterocycles. The predicted octanol–water partition coefficient (Wildman–Crippen LogP) is 2.98. The van der Waals surface area contributed by atoms with Crippen molar-refractivity contribution >= 4 is 5.82 Å². The fourth-order valence-corrected chi connectivity index (χ4v) is 2.88. The monoisotopic (exact) mass is 246 g/mol. The van der Waals surface area contributed by atoms with Gasteiger partial charge in [-0.2, -0.15) is 10.4 Å². The molecule has 1 aliphatic carbocycles. The molecule has 1 heterocycles. The molecule has 2 rings (SSSR count). The molecule has 0 amide bonds. The zero-order chi connectivity index (χ0) is 13.3. The van der Waals surface area contributed by atoms with Gasteiger partial charge in [0, 0.05) is 13.1 Å². The first-order chi connectivity index (χ1) is 8.45. The van der Waals surface area contributed by atoms with Gasteiger partial charge in [-0.3, -0.25) is 4.68 Å². The number of nitrogens with zero attached hydrogens (tertiary/aromatic N) is 3. The van der Waals surface area contributed by atoms with Crippen molar-refractivity contribution in [3.05, 3.63) is 11.3 Å². The maximum absolute atomic E-state index is 9.23. The molecule has 1 aromatic rings. The Labute approximate surface area is 109 Å². The lowest BCUT2D eigenvalue weighted by atomic mass is 9.73. The lowest BCUT2D eigenvalue weighted by Gasteiger charge is -2.39. The highest BCUT2D eigenvalue weighted by Gasteiger charge is 2.33. The van der Waals surface area contributed by atoms with Crippen LogP contribution in [0.4, 0.5) is 5.82 Å². The molecule has 0 spiro atoms. The molecule has 1 fully saturated rings. The van der Waals surface area contributed by atoms with Crippen LogP contribution in [0.3, 0.4) is 0 Å². The van der Waals surface area contributed by atoms with E-state index >= 15 is 0 Å². The van der Waals surface area contributed by atoms with Crippen molar-refractivity contribution in [1.82, 2.24) is 9.78 Å². The van der Waals surface area contributed by atoms with Crippen LogP contribution in [0, 0.1) is 23.7 Å². The second-order valence-electron chi connectivity index (χ2n) is 5.98. The van der Waals surface area contributed by atoms with E-state index < -0.39 is 0 Å². The van der Waals surface area contributed by atoms with E-state index in [0.29, 0.717) is 11.6 Å². The molecule has 0 bridgehead atoms. The molecule has 98 valence electrons. The third kappa shape index (κ3) is 2.22. The molecule has 18 heavy (non-hydrogen) atoms. The van der Waals surface area contributed by atoms with Crippen LogP contribution in [-0.2, 0) is 7.05 Å². The fraction of sp³-hybridized carbons (Fsp3) is 0.714. The smallest absolute Gasteiger partial charge is 0.142 e. The molecule has 0 saturated heterocycles. The van der Waals surface area contributed by atoms with Crippen LogP contribution in [0.2, 0.25) is 0 Å². The summed E-state index contributed by atoms with van der Waals surface area (Å²) in [5, 5.41) is 17.1. The Hall–Kier alpha value is -1.50. The number of aryl methyl sites for hydroxylation is 2. The van der Waals surface area contributed by atoms with Crippen molar-refractivity contribution in [2.24, 2.45) is 12.5 Å². The first-order valence-corrected chi connectivity index (χ1v) is 6.66. The second kappa shape index (κ2) is 4.64. The van der Waals surface area contributed by atoms with Gasteiger partial charge >= 0.3 is 0 Å². The van der Waals surface area contributed by atoms with Crippen molar-refractivity contribution in [2.75, 3.05) is 5.32 Å².